The Morgan fingerprint density at radius 1 is 1.31 bits per heavy atom. The van der Waals surface area contributed by atoms with Crippen LogP contribution >= 0.6 is 0 Å². The molecule has 0 spiro atoms. The zero-order chi connectivity index (χ0) is 11.4. The Morgan fingerprint density at radius 3 is 2.88 bits per heavy atom. The molecule has 2 aliphatic rings. The minimum absolute atomic E-state index is 0.251. The smallest absolute Gasteiger partial charge is 0.227 e. The van der Waals surface area contributed by atoms with Crippen molar-refractivity contribution in [3.8, 4) is 0 Å². The molecular weight excluding hydrogens is 200 g/mol. The number of carbonyl (C=O) groups excluding carboxylic acids is 1. The zero-order valence-electron chi connectivity index (χ0n) is 10.4. The van der Waals surface area contributed by atoms with Crippen LogP contribution in [0, 0.1) is 5.92 Å². The molecule has 0 unspecified atom stereocenters. The van der Waals surface area contributed by atoms with Crippen LogP contribution in [0.15, 0.2) is 0 Å². The van der Waals surface area contributed by atoms with E-state index in [1.807, 2.05) is 0 Å². The molecule has 0 radical (unpaired) electrons. The SMILES string of the molecule is CC[C@H]1CCCCN1C(=O)[C@@H]1CCCNC1. The van der Waals surface area contributed by atoms with Crippen LogP contribution in [-0.4, -0.2) is 36.5 Å². The van der Waals surface area contributed by atoms with E-state index in [-0.39, 0.29) is 5.92 Å². The standard InChI is InChI=1S/C13H24N2O/c1-2-12-7-3-4-9-15(12)13(16)11-6-5-8-14-10-11/h11-12,14H,2-10H2,1H3/t11-,12+/m1/s1. The first-order valence-corrected chi connectivity index (χ1v) is 6.84. The third kappa shape index (κ3) is 2.57. The van der Waals surface area contributed by atoms with Gasteiger partial charge in [-0.25, -0.2) is 0 Å². The lowest BCUT2D eigenvalue weighted by Crippen LogP contribution is -2.49. The van der Waals surface area contributed by atoms with Crippen LogP contribution in [0.3, 0.4) is 0 Å². The average Bonchev–Trinajstić information content (AvgIpc) is 2.39. The highest BCUT2D eigenvalue weighted by Gasteiger charge is 2.31. The molecule has 3 nitrogen and oxygen atoms in total. The van der Waals surface area contributed by atoms with Crippen molar-refractivity contribution in [1.82, 2.24) is 10.2 Å². The van der Waals surface area contributed by atoms with Gasteiger partial charge in [0.25, 0.3) is 0 Å². The van der Waals surface area contributed by atoms with Gasteiger partial charge in [-0.05, 0) is 45.1 Å². The minimum atomic E-state index is 0.251. The Balaban J connectivity index is 1.95. The largest absolute Gasteiger partial charge is 0.339 e. The van der Waals surface area contributed by atoms with E-state index in [0.29, 0.717) is 11.9 Å². The van der Waals surface area contributed by atoms with Crippen LogP contribution in [0.25, 0.3) is 0 Å². The molecule has 2 rings (SSSR count). The van der Waals surface area contributed by atoms with Crippen molar-refractivity contribution in [1.29, 1.82) is 0 Å². The molecule has 2 heterocycles. The fourth-order valence-corrected chi connectivity index (χ4v) is 3.01. The van der Waals surface area contributed by atoms with Gasteiger partial charge in [0.15, 0.2) is 0 Å². The van der Waals surface area contributed by atoms with Crippen LogP contribution in [0.5, 0.6) is 0 Å². The van der Waals surface area contributed by atoms with E-state index in [9.17, 15) is 4.79 Å². The predicted molar refractivity (Wildman–Crippen MR) is 65.2 cm³/mol. The van der Waals surface area contributed by atoms with Gasteiger partial charge >= 0.3 is 0 Å². The van der Waals surface area contributed by atoms with Crippen molar-refractivity contribution in [3.05, 3.63) is 0 Å². The van der Waals surface area contributed by atoms with Gasteiger partial charge in [0.1, 0.15) is 0 Å². The quantitative estimate of drug-likeness (QED) is 0.775. The first kappa shape index (κ1) is 11.9. The molecule has 0 aliphatic carbocycles. The molecule has 2 saturated heterocycles. The first-order valence-electron chi connectivity index (χ1n) is 6.84. The Bertz CT molecular complexity index is 236. The molecule has 2 atom stereocenters. The summed E-state index contributed by atoms with van der Waals surface area (Å²) in [6, 6.07) is 0.517. The Hall–Kier alpha value is -0.570. The monoisotopic (exact) mass is 224 g/mol. The molecule has 92 valence electrons. The predicted octanol–water partition coefficient (Wildman–Crippen LogP) is 1.78. The van der Waals surface area contributed by atoms with Crippen molar-refractivity contribution in [2.45, 2.75) is 51.5 Å². The van der Waals surface area contributed by atoms with Crippen LogP contribution < -0.4 is 5.32 Å². The zero-order valence-corrected chi connectivity index (χ0v) is 10.4. The number of hydrogen-bond acceptors (Lipinski definition) is 2. The van der Waals surface area contributed by atoms with Gasteiger partial charge in [0.2, 0.25) is 5.91 Å². The molecule has 1 amide bonds. The molecule has 0 aromatic heterocycles. The number of nitrogens with zero attached hydrogens (tertiary/aromatic N) is 1. The molecule has 0 saturated carbocycles. The summed E-state index contributed by atoms with van der Waals surface area (Å²) >= 11 is 0. The molecule has 0 bridgehead atoms. The topological polar surface area (TPSA) is 32.3 Å². The number of piperidine rings is 2. The lowest BCUT2D eigenvalue weighted by Gasteiger charge is -2.38. The van der Waals surface area contributed by atoms with Crippen LogP contribution in [0.4, 0.5) is 0 Å². The van der Waals surface area contributed by atoms with Crippen molar-refractivity contribution in [2.24, 2.45) is 5.92 Å². The normalized spacial score (nSPS) is 31.4. The van der Waals surface area contributed by atoms with E-state index >= 15 is 0 Å². The van der Waals surface area contributed by atoms with Gasteiger partial charge in [0.05, 0.1) is 5.92 Å². The number of amides is 1. The summed E-state index contributed by atoms with van der Waals surface area (Å²) in [5.74, 6) is 0.666. The summed E-state index contributed by atoms with van der Waals surface area (Å²) in [4.78, 5) is 14.6. The van der Waals surface area contributed by atoms with Gasteiger partial charge in [-0.1, -0.05) is 6.92 Å². The fraction of sp³-hybridized carbons (Fsp3) is 0.923. The molecule has 2 aliphatic heterocycles. The van der Waals surface area contributed by atoms with E-state index in [2.05, 4.69) is 17.1 Å². The minimum Gasteiger partial charge on any atom is -0.339 e. The molecular formula is C13H24N2O. The van der Waals surface area contributed by atoms with E-state index in [0.717, 1.165) is 38.9 Å². The Morgan fingerprint density at radius 2 is 2.19 bits per heavy atom. The number of nitrogens with one attached hydrogen (secondary N) is 1. The van der Waals surface area contributed by atoms with Crippen molar-refractivity contribution in [2.75, 3.05) is 19.6 Å². The summed E-state index contributed by atoms with van der Waals surface area (Å²) in [7, 11) is 0. The lowest BCUT2D eigenvalue weighted by atomic mass is 9.93. The Kier molecular flexibility index (Phi) is 4.22. The summed E-state index contributed by atoms with van der Waals surface area (Å²) in [5.41, 5.74) is 0. The highest BCUT2D eigenvalue weighted by molar-refractivity contribution is 5.79. The second-order valence-electron chi connectivity index (χ2n) is 5.13. The highest BCUT2D eigenvalue weighted by Crippen LogP contribution is 2.23. The second kappa shape index (κ2) is 5.67. The maximum atomic E-state index is 12.4. The number of likely N-dealkylation sites (tertiary alicyclic amines) is 1. The summed E-state index contributed by atoms with van der Waals surface area (Å²) in [6.07, 6.45) is 7.06. The molecule has 0 aromatic rings. The van der Waals surface area contributed by atoms with E-state index < -0.39 is 0 Å². The van der Waals surface area contributed by atoms with Crippen LogP contribution in [0.1, 0.15) is 45.4 Å². The van der Waals surface area contributed by atoms with Crippen molar-refractivity contribution < 1.29 is 4.79 Å². The van der Waals surface area contributed by atoms with Gasteiger partial charge in [-0.3, -0.25) is 4.79 Å². The summed E-state index contributed by atoms with van der Waals surface area (Å²) in [6.45, 7) is 5.18. The van der Waals surface area contributed by atoms with Crippen LogP contribution in [0.2, 0.25) is 0 Å². The number of hydrogen-bond donors (Lipinski definition) is 1. The molecule has 2 fully saturated rings. The molecule has 1 N–H and O–H groups in total. The first-order chi connectivity index (χ1) is 7.83. The van der Waals surface area contributed by atoms with Gasteiger partial charge in [-0.2, -0.15) is 0 Å². The number of carbonyl (C=O) groups is 1. The van der Waals surface area contributed by atoms with Gasteiger partial charge in [0, 0.05) is 19.1 Å². The lowest BCUT2D eigenvalue weighted by molar-refractivity contribution is -0.139. The van der Waals surface area contributed by atoms with Crippen molar-refractivity contribution in [3.63, 3.8) is 0 Å². The van der Waals surface area contributed by atoms with E-state index in [1.54, 1.807) is 0 Å². The van der Waals surface area contributed by atoms with Gasteiger partial charge < -0.3 is 10.2 Å². The third-order valence-corrected chi connectivity index (χ3v) is 4.03. The fourth-order valence-electron chi connectivity index (χ4n) is 3.01. The highest BCUT2D eigenvalue weighted by atomic mass is 16.2. The van der Waals surface area contributed by atoms with Crippen molar-refractivity contribution >= 4 is 5.91 Å². The summed E-state index contributed by atoms with van der Waals surface area (Å²) in [5, 5.41) is 3.34. The molecule has 3 heteroatoms. The maximum Gasteiger partial charge on any atom is 0.227 e. The van der Waals surface area contributed by atoms with E-state index in [4.69, 9.17) is 0 Å². The number of rotatable bonds is 2. The molecule has 0 aromatic carbocycles. The third-order valence-electron chi connectivity index (χ3n) is 4.03. The van der Waals surface area contributed by atoms with Gasteiger partial charge in [-0.15, -0.1) is 0 Å². The Labute approximate surface area is 98.6 Å². The molecule has 16 heavy (non-hydrogen) atoms. The van der Waals surface area contributed by atoms with E-state index in [1.165, 1.54) is 19.3 Å². The van der Waals surface area contributed by atoms with Crippen LogP contribution in [-0.2, 0) is 4.79 Å². The average molecular weight is 224 g/mol. The summed E-state index contributed by atoms with van der Waals surface area (Å²) < 4.78 is 0. The maximum absolute atomic E-state index is 12.4. The second-order valence-corrected chi connectivity index (χ2v) is 5.13.